The second-order valence-corrected chi connectivity index (χ2v) is 8.32. The fourth-order valence-corrected chi connectivity index (χ4v) is 4.36. The second-order valence-electron chi connectivity index (χ2n) is 7.40. The lowest BCUT2D eigenvalue weighted by Gasteiger charge is -2.26. The number of furan rings is 1. The summed E-state index contributed by atoms with van der Waals surface area (Å²) in [5, 5.41) is 11.5. The molecule has 0 radical (unpaired) electrons. The number of ether oxygens (including phenoxy) is 2. The Hall–Kier alpha value is -3.26. The SMILES string of the molecule is CCCN1C(=O)C(O)=C(C(=O)c2cc3cc(Br)ccc3o2)C1c1ccc(OC)c(OC)c1. The van der Waals surface area contributed by atoms with E-state index in [1.54, 1.807) is 30.3 Å². The topological polar surface area (TPSA) is 89.2 Å². The van der Waals surface area contributed by atoms with E-state index in [1.807, 2.05) is 19.1 Å². The molecule has 0 saturated carbocycles. The first kappa shape index (κ1) is 22.0. The fourth-order valence-electron chi connectivity index (χ4n) is 3.99. The van der Waals surface area contributed by atoms with Gasteiger partial charge >= 0.3 is 0 Å². The first-order valence-electron chi connectivity index (χ1n) is 10.1. The molecule has 0 spiro atoms. The van der Waals surface area contributed by atoms with Gasteiger partial charge in [0.2, 0.25) is 5.78 Å². The molecule has 2 heterocycles. The monoisotopic (exact) mass is 499 g/mol. The van der Waals surface area contributed by atoms with Gasteiger partial charge in [0.05, 0.1) is 25.8 Å². The molecule has 32 heavy (non-hydrogen) atoms. The summed E-state index contributed by atoms with van der Waals surface area (Å²) < 4.78 is 17.3. The Morgan fingerprint density at radius 1 is 1.12 bits per heavy atom. The highest BCUT2D eigenvalue weighted by Gasteiger charge is 2.44. The van der Waals surface area contributed by atoms with Crippen molar-refractivity contribution in [2.24, 2.45) is 0 Å². The first-order chi connectivity index (χ1) is 15.4. The average Bonchev–Trinajstić information content (AvgIpc) is 3.32. The number of aliphatic hydroxyl groups excluding tert-OH is 1. The van der Waals surface area contributed by atoms with E-state index in [1.165, 1.54) is 19.1 Å². The van der Waals surface area contributed by atoms with Crippen molar-refractivity contribution in [3.63, 3.8) is 0 Å². The molecule has 0 saturated heterocycles. The molecule has 0 fully saturated rings. The number of nitrogens with zero attached hydrogens (tertiary/aromatic N) is 1. The van der Waals surface area contributed by atoms with E-state index in [-0.39, 0.29) is 11.3 Å². The lowest BCUT2D eigenvalue weighted by molar-refractivity contribution is -0.129. The zero-order valence-electron chi connectivity index (χ0n) is 17.8. The highest BCUT2D eigenvalue weighted by molar-refractivity contribution is 9.10. The molecule has 0 aliphatic carbocycles. The highest BCUT2D eigenvalue weighted by atomic mass is 79.9. The van der Waals surface area contributed by atoms with E-state index in [4.69, 9.17) is 13.9 Å². The van der Waals surface area contributed by atoms with Crippen LogP contribution in [0, 0.1) is 0 Å². The lowest BCUT2D eigenvalue weighted by atomic mass is 9.94. The maximum Gasteiger partial charge on any atom is 0.290 e. The third-order valence-corrected chi connectivity index (χ3v) is 5.93. The molecular weight excluding hydrogens is 478 g/mol. The summed E-state index contributed by atoms with van der Waals surface area (Å²) in [6.07, 6.45) is 0.656. The maximum absolute atomic E-state index is 13.5. The number of aliphatic hydroxyl groups is 1. The van der Waals surface area contributed by atoms with Crippen molar-refractivity contribution in [1.29, 1.82) is 0 Å². The van der Waals surface area contributed by atoms with Gasteiger partial charge in [0.25, 0.3) is 5.91 Å². The Morgan fingerprint density at radius 3 is 2.56 bits per heavy atom. The Balaban J connectivity index is 1.83. The van der Waals surface area contributed by atoms with Crippen molar-refractivity contribution in [2.45, 2.75) is 19.4 Å². The number of methoxy groups -OCH3 is 2. The smallest absolute Gasteiger partial charge is 0.290 e. The quantitative estimate of drug-likeness (QED) is 0.449. The van der Waals surface area contributed by atoms with Gasteiger partial charge < -0.3 is 23.9 Å². The molecule has 1 N–H and O–H groups in total. The van der Waals surface area contributed by atoms with Crippen molar-refractivity contribution in [3.8, 4) is 11.5 Å². The first-order valence-corrected chi connectivity index (χ1v) is 10.9. The van der Waals surface area contributed by atoms with Crippen molar-refractivity contribution < 1.29 is 28.6 Å². The maximum atomic E-state index is 13.5. The zero-order chi connectivity index (χ0) is 23.0. The standard InChI is InChI=1S/C24H22BrNO6/c1-4-9-26-21(13-5-7-17(30-2)18(11-13)31-3)20(23(28)24(26)29)22(27)19-12-14-10-15(25)6-8-16(14)32-19/h5-8,10-12,21,28H,4,9H2,1-3H3. The van der Waals surface area contributed by atoms with Crippen LogP contribution in [0.5, 0.6) is 11.5 Å². The Bertz CT molecular complexity index is 1240. The van der Waals surface area contributed by atoms with Gasteiger partial charge in [-0.15, -0.1) is 0 Å². The molecule has 1 aromatic heterocycles. The minimum Gasteiger partial charge on any atom is -0.503 e. The molecule has 1 aliphatic heterocycles. The number of Topliss-reactive ketones (excluding diaryl/α,β-unsaturated/α-hetero) is 1. The molecule has 8 heteroatoms. The van der Waals surface area contributed by atoms with Crippen LogP contribution in [0.15, 0.2) is 62.7 Å². The van der Waals surface area contributed by atoms with Crippen LogP contribution in [0.25, 0.3) is 11.0 Å². The van der Waals surface area contributed by atoms with Crippen LogP contribution >= 0.6 is 15.9 Å². The summed E-state index contributed by atoms with van der Waals surface area (Å²) in [5.41, 5.74) is 1.14. The van der Waals surface area contributed by atoms with Crippen molar-refractivity contribution in [1.82, 2.24) is 4.90 Å². The Labute approximate surface area is 193 Å². The molecule has 1 unspecified atom stereocenters. The van der Waals surface area contributed by atoms with Gasteiger partial charge in [0.1, 0.15) is 5.58 Å². The fraction of sp³-hybridized carbons (Fsp3) is 0.250. The summed E-state index contributed by atoms with van der Waals surface area (Å²) >= 11 is 3.40. The number of fused-ring (bicyclic) bond motifs is 1. The van der Waals surface area contributed by atoms with Crippen LogP contribution in [0.2, 0.25) is 0 Å². The van der Waals surface area contributed by atoms with Gasteiger partial charge in [-0.2, -0.15) is 0 Å². The molecule has 3 aromatic rings. The van der Waals surface area contributed by atoms with E-state index in [0.29, 0.717) is 35.6 Å². The van der Waals surface area contributed by atoms with Crippen LogP contribution < -0.4 is 9.47 Å². The van der Waals surface area contributed by atoms with E-state index < -0.39 is 23.5 Å². The van der Waals surface area contributed by atoms with Crippen LogP contribution in [0.4, 0.5) is 0 Å². The van der Waals surface area contributed by atoms with Crippen molar-refractivity contribution >= 4 is 38.6 Å². The predicted octanol–water partition coefficient (Wildman–Crippen LogP) is 5.20. The van der Waals surface area contributed by atoms with Crippen molar-refractivity contribution in [2.75, 3.05) is 20.8 Å². The predicted molar refractivity (Wildman–Crippen MR) is 122 cm³/mol. The molecule has 0 bridgehead atoms. The van der Waals surface area contributed by atoms with E-state index >= 15 is 0 Å². The number of hydrogen-bond acceptors (Lipinski definition) is 6. The summed E-state index contributed by atoms with van der Waals surface area (Å²) in [6, 6.07) is 11.4. The lowest BCUT2D eigenvalue weighted by Crippen LogP contribution is -2.31. The Morgan fingerprint density at radius 2 is 1.88 bits per heavy atom. The van der Waals surface area contributed by atoms with Gasteiger partial charge in [0, 0.05) is 16.4 Å². The summed E-state index contributed by atoms with van der Waals surface area (Å²) in [6.45, 7) is 2.29. The molecular formula is C24H22BrNO6. The van der Waals surface area contributed by atoms with E-state index in [2.05, 4.69) is 15.9 Å². The molecule has 1 aliphatic rings. The summed E-state index contributed by atoms with van der Waals surface area (Å²) in [7, 11) is 3.04. The Kier molecular flexibility index (Phi) is 5.97. The summed E-state index contributed by atoms with van der Waals surface area (Å²) in [5.74, 6) is -0.663. The minimum absolute atomic E-state index is 0.0196. The van der Waals surface area contributed by atoms with Gasteiger partial charge in [-0.25, -0.2) is 0 Å². The molecule has 7 nitrogen and oxygen atoms in total. The normalized spacial score (nSPS) is 16.2. The number of carbonyl (C=O) groups is 2. The third-order valence-electron chi connectivity index (χ3n) is 5.44. The second kappa shape index (κ2) is 8.70. The third kappa shape index (κ3) is 3.64. The molecule has 4 rings (SSSR count). The molecule has 1 atom stereocenters. The average molecular weight is 500 g/mol. The number of hydrogen-bond donors (Lipinski definition) is 1. The van der Waals surface area contributed by atoms with Gasteiger partial charge in [0.15, 0.2) is 23.0 Å². The van der Waals surface area contributed by atoms with Gasteiger partial charge in [-0.05, 0) is 48.4 Å². The molecule has 166 valence electrons. The van der Waals surface area contributed by atoms with E-state index in [0.717, 1.165) is 9.86 Å². The van der Waals surface area contributed by atoms with Gasteiger partial charge in [-0.1, -0.05) is 28.9 Å². The number of halogens is 1. The van der Waals surface area contributed by atoms with Crippen LogP contribution in [-0.2, 0) is 4.79 Å². The number of rotatable bonds is 7. The van der Waals surface area contributed by atoms with Crippen LogP contribution in [-0.4, -0.2) is 42.5 Å². The van der Waals surface area contributed by atoms with Crippen molar-refractivity contribution in [3.05, 3.63) is 69.6 Å². The minimum atomic E-state index is -0.783. The highest BCUT2D eigenvalue weighted by Crippen LogP contribution is 2.42. The number of amides is 1. The largest absolute Gasteiger partial charge is 0.503 e. The number of benzene rings is 2. The van der Waals surface area contributed by atoms with Crippen LogP contribution in [0.3, 0.4) is 0 Å². The van der Waals surface area contributed by atoms with Gasteiger partial charge in [-0.3, -0.25) is 9.59 Å². The molecule has 2 aromatic carbocycles. The van der Waals surface area contributed by atoms with E-state index in [9.17, 15) is 14.7 Å². The zero-order valence-corrected chi connectivity index (χ0v) is 19.4. The number of ketones is 1. The number of carbonyl (C=O) groups excluding carboxylic acids is 2. The molecule has 1 amide bonds. The van der Waals surface area contributed by atoms with Crippen LogP contribution in [0.1, 0.15) is 35.5 Å². The summed E-state index contributed by atoms with van der Waals surface area (Å²) in [4.78, 5) is 27.9.